The lowest BCUT2D eigenvalue weighted by molar-refractivity contribution is 0.420. The molecule has 0 atom stereocenters. The number of aliphatic hydroxyl groups excluding tert-OH is 1. The average Bonchev–Trinajstić information content (AvgIpc) is 2.98. The van der Waals surface area contributed by atoms with Gasteiger partial charge in [0, 0.05) is 4.90 Å². The molecular weight excluding hydrogens is 330 g/mol. The predicted octanol–water partition coefficient (Wildman–Crippen LogP) is 4.80. The number of benzene rings is 2. The number of aromatic nitrogens is 2. The van der Waals surface area contributed by atoms with E-state index in [-0.39, 0.29) is 17.1 Å². The number of fused-ring (bicyclic) bond motifs is 1. The Hall–Kier alpha value is -2.42. The van der Waals surface area contributed by atoms with Gasteiger partial charge in [0.25, 0.3) is 0 Å². The fourth-order valence-corrected chi connectivity index (χ4v) is 3.22. The largest absolute Gasteiger partial charge is 0.510 e. The van der Waals surface area contributed by atoms with Crippen molar-refractivity contribution in [3.05, 3.63) is 65.1 Å². The molecule has 6 heteroatoms. The van der Waals surface area contributed by atoms with Crippen molar-refractivity contribution in [2.45, 2.75) is 4.90 Å². The number of aromatic amines is 1. The molecule has 0 spiro atoms. The van der Waals surface area contributed by atoms with Gasteiger partial charge in [-0.15, -0.1) is 11.8 Å². The van der Waals surface area contributed by atoms with E-state index in [1.165, 1.54) is 11.8 Å². The van der Waals surface area contributed by atoms with Crippen molar-refractivity contribution in [1.29, 1.82) is 5.26 Å². The maximum atomic E-state index is 10.3. The number of H-pyrrole nitrogens is 1. The van der Waals surface area contributed by atoms with Crippen molar-refractivity contribution >= 4 is 40.0 Å². The van der Waals surface area contributed by atoms with Crippen LogP contribution in [0.15, 0.2) is 59.2 Å². The summed E-state index contributed by atoms with van der Waals surface area (Å²) in [6.45, 7) is 0. The summed E-state index contributed by atoms with van der Waals surface area (Å²) in [7, 11) is 0. The molecule has 1 aromatic heterocycles. The Morgan fingerprint density at radius 2 is 1.96 bits per heavy atom. The molecular formula is C17H12ClN3OS. The summed E-state index contributed by atoms with van der Waals surface area (Å²) in [6, 6.07) is 16.9. The van der Waals surface area contributed by atoms with Crippen molar-refractivity contribution in [1.82, 2.24) is 9.97 Å². The standard InChI is InChI=1S/C17H12ClN3OS/c18-12-5-1-4-8-16(12)23-10-15(22)11(9-19)17-20-13-6-2-3-7-14(13)21-17/h1-8,22H,10H2,(H,20,21). The number of hydrogen-bond acceptors (Lipinski definition) is 4. The first kappa shape index (κ1) is 15.5. The van der Waals surface area contributed by atoms with Crippen LogP contribution in [0.4, 0.5) is 0 Å². The van der Waals surface area contributed by atoms with Gasteiger partial charge >= 0.3 is 0 Å². The molecule has 0 amide bonds. The third kappa shape index (κ3) is 3.34. The van der Waals surface area contributed by atoms with Gasteiger partial charge in [-0.25, -0.2) is 4.98 Å². The van der Waals surface area contributed by atoms with Crippen molar-refractivity contribution in [2.75, 3.05) is 5.75 Å². The van der Waals surface area contributed by atoms with Gasteiger partial charge in [-0.05, 0) is 24.3 Å². The highest BCUT2D eigenvalue weighted by Gasteiger charge is 2.13. The van der Waals surface area contributed by atoms with Crippen LogP contribution in [0.2, 0.25) is 5.02 Å². The zero-order valence-electron chi connectivity index (χ0n) is 12.0. The second-order valence-electron chi connectivity index (χ2n) is 4.76. The van der Waals surface area contributed by atoms with Crippen LogP contribution >= 0.6 is 23.4 Å². The summed E-state index contributed by atoms with van der Waals surface area (Å²) in [5.41, 5.74) is 1.71. The number of thioether (sulfide) groups is 1. The molecule has 0 fully saturated rings. The molecule has 0 aliphatic rings. The molecule has 2 N–H and O–H groups in total. The number of nitriles is 1. The van der Waals surface area contributed by atoms with Crippen molar-refractivity contribution in [2.24, 2.45) is 0 Å². The molecule has 3 rings (SSSR count). The van der Waals surface area contributed by atoms with E-state index >= 15 is 0 Å². The Morgan fingerprint density at radius 1 is 1.22 bits per heavy atom. The summed E-state index contributed by atoms with van der Waals surface area (Å²) in [5.74, 6) is 0.575. The van der Waals surface area contributed by atoms with Gasteiger partial charge in [-0.1, -0.05) is 35.9 Å². The summed E-state index contributed by atoms with van der Waals surface area (Å²) >= 11 is 7.46. The molecule has 4 nitrogen and oxygen atoms in total. The SMILES string of the molecule is N#CC(=C(O)CSc1ccccc1Cl)c1nc2ccccc2[nH]1. The van der Waals surface area contributed by atoms with Crippen LogP contribution in [0.1, 0.15) is 5.82 Å². The zero-order valence-corrected chi connectivity index (χ0v) is 13.5. The first-order chi connectivity index (χ1) is 11.2. The topological polar surface area (TPSA) is 72.7 Å². The number of halogens is 1. The molecule has 1 heterocycles. The lowest BCUT2D eigenvalue weighted by atomic mass is 10.2. The van der Waals surface area contributed by atoms with E-state index in [0.29, 0.717) is 10.8 Å². The van der Waals surface area contributed by atoms with E-state index in [2.05, 4.69) is 9.97 Å². The molecule has 0 bridgehead atoms. The van der Waals surface area contributed by atoms with Crippen LogP contribution < -0.4 is 0 Å². The molecule has 114 valence electrons. The molecule has 0 unspecified atom stereocenters. The van der Waals surface area contributed by atoms with E-state index in [4.69, 9.17) is 11.6 Å². The molecule has 3 aromatic rings. The first-order valence-corrected chi connectivity index (χ1v) is 8.20. The highest BCUT2D eigenvalue weighted by Crippen LogP contribution is 2.29. The van der Waals surface area contributed by atoms with Gasteiger partial charge in [0.2, 0.25) is 0 Å². The van der Waals surface area contributed by atoms with Crippen LogP contribution in [-0.2, 0) is 0 Å². The Kier molecular flexibility index (Phi) is 4.56. The molecule has 2 aromatic carbocycles. The predicted molar refractivity (Wildman–Crippen MR) is 93.4 cm³/mol. The smallest absolute Gasteiger partial charge is 0.152 e. The lowest BCUT2D eigenvalue weighted by Gasteiger charge is -2.04. The third-order valence-electron chi connectivity index (χ3n) is 3.23. The quantitative estimate of drug-likeness (QED) is 0.406. The monoisotopic (exact) mass is 341 g/mol. The highest BCUT2D eigenvalue weighted by molar-refractivity contribution is 7.99. The Balaban J connectivity index is 1.87. The molecule has 23 heavy (non-hydrogen) atoms. The normalized spacial score (nSPS) is 12.0. The zero-order chi connectivity index (χ0) is 16.2. The van der Waals surface area contributed by atoms with E-state index < -0.39 is 0 Å². The maximum absolute atomic E-state index is 10.3. The van der Waals surface area contributed by atoms with Crippen LogP contribution in [0.25, 0.3) is 16.6 Å². The van der Waals surface area contributed by atoms with Crippen molar-refractivity contribution in [3.63, 3.8) is 0 Å². The average molecular weight is 342 g/mol. The molecule has 0 radical (unpaired) electrons. The minimum absolute atomic E-state index is 0.0310. The van der Waals surface area contributed by atoms with Gasteiger partial charge in [-0.3, -0.25) is 0 Å². The number of nitrogens with one attached hydrogen (secondary N) is 1. The maximum Gasteiger partial charge on any atom is 0.152 e. The van der Waals surface area contributed by atoms with E-state index in [0.717, 1.165) is 15.9 Å². The van der Waals surface area contributed by atoms with E-state index in [9.17, 15) is 10.4 Å². The fourth-order valence-electron chi connectivity index (χ4n) is 2.11. The Labute approximate surface area is 142 Å². The van der Waals surface area contributed by atoms with Gasteiger partial charge in [0.1, 0.15) is 17.4 Å². The van der Waals surface area contributed by atoms with E-state index in [1.54, 1.807) is 6.07 Å². The molecule has 0 saturated carbocycles. The summed E-state index contributed by atoms with van der Waals surface area (Å²) < 4.78 is 0. The number of rotatable bonds is 4. The van der Waals surface area contributed by atoms with Crippen LogP contribution in [0.5, 0.6) is 0 Å². The van der Waals surface area contributed by atoms with Gasteiger partial charge in [0.15, 0.2) is 5.82 Å². The number of hydrogen-bond donors (Lipinski definition) is 2. The number of para-hydroxylation sites is 2. The van der Waals surface area contributed by atoms with Crippen LogP contribution in [0.3, 0.4) is 0 Å². The number of allylic oxidation sites excluding steroid dienone is 1. The second kappa shape index (κ2) is 6.78. The van der Waals surface area contributed by atoms with Gasteiger partial charge in [-0.2, -0.15) is 5.26 Å². The van der Waals surface area contributed by atoms with Crippen LogP contribution in [0, 0.1) is 11.3 Å². The molecule has 0 aliphatic heterocycles. The van der Waals surface area contributed by atoms with E-state index in [1.807, 2.05) is 48.5 Å². The van der Waals surface area contributed by atoms with Crippen molar-refractivity contribution < 1.29 is 5.11 Å². The Morgan fingerprint density at radius 3 is 2.70 bits per heavy atom. The summed E-state index contributed by atoms with van der Waals surface area (Å²) in [4.78, 5) is 8.25. The molecule has 0 aliphatic carbocycles. The van der Waals surface area contributed by atoms with Crippen LogP contribution in [-0.4, -0.2) is 20.8 Å². The van der Waals surface area contributed by atoms with Crippen molar-refractivity contribution in [3.8, 4) is 6.07 Å². The lowest BCUT2D eigenvalue weighted by Crippen LogP contribution is -1.95. The molecule has 0 saturated heterocycles. The summed E-state index contributed by atoms with van der Waals surface area (Å²) in [5, 5.41) is 20.3. The van der Waals surface area contributed by atoms with Gasteiger partial charge < -0.3 is 10.1 Å². The number of aliphatic hydroxyl groups is 1. The number of imidazole rings is 1. The first-order valence-electron chi connectivity index (χ1n) is 6.83. The fraction of sp³-hybridized carbons (Fsp3) is 0.0588. The second-order valence-corrected chi connectivity index (χ2v) is 6.18. The van der Waals surface area contributed by atoms with Gasteiger partial charge in [0.05, 0.1) is 21.8 Å². The summed E-state index contributed by atoms with van der Waals surface area (Å²) in [6.07, 6.45) is 0. The Bertz CT molecular complexity index is 894. The minimum atomic E-state index is -0.0310. The minimum Gasteiger partial charge on any atom is -0.510 e. The highest BCUT2D eigenvalue weighted by atomic mass is 35.5. The third-order valence-corrected chi connectivity index (χ3v) is 4.75. The number of nitrogens with zero attached hydrogens (tertiary/aromatic N) is 2.